The predicted octanol–water partition coefficient (Wildman–Crippen LogP) is 3.99. The molecular weight excluding hydrogens is 270 g/mol. The second-order valence-electron chi connectivity index (χ2n) is 4.39. The van der Waals surface area contributed by atoms with Crippen LogP contribution in [0.25, 0.3) is 10.9 Å². The van der Waals surface area contributed by atoms with Crippen molar-refractivity contribution in [2.45, 2.75) is 0 Å². The van der Waals surface area contributed by atoms with E-state index in [4.69, 9.17) is 5.11 Å². The molecular formula is C15H11N3O3. The highest BCUT2D eigenvalue weighted by Gasteiger charge is 2.16. The number of nitrogens with one attached hydrogen (secondary N) is 1. The first-order valence-corrected chi connectivity index (χ1v) is 6.20. The number of aromatic amines is 1. The first kappa shape index (κ1) is 12.9. The normalized spacial score (nSPS) is 11.2. The van der Waals surface area contributed by atoms with Gasteiger partial charge in [0.25, 0.3) is 0 Å². The van der Waals surface area contributed by atoms with E-state index in [0.29, 0.717) is 16.6 Å². The fraction of sp³-hybridized carbons (Fsp3) is 0. The molecule has 0 saturated heterocycles. The highest BCUT2D eigenvalue weighted by atomic mass is 16.4. The SMILES string of the molecule is O=C(O)c1cccc2c(N=Nc3ccccc3)c(O)[nH]c12. The molecule has 0 spiro atoms. The maximum Gasteiger partial charge on any atom is 0.337 e. The summed E-state index contributed by atoms with van der Waals surface area (Å²) in [5, 5.41) is 27.6. The summed E-state index contributed by atoms with van der Waals surface area (Å²) in [4.78, 5) is 13.8. The van der Waals surface area contributed by atoms with Gasteiger partial charge in [0.05, 0.1) is 16.8 Å². The first-order chi connectivity index (χ1) is 10.2. The van der Waals surface area contributed by atoms with Crippen LogP contribution >= 0.6 is 0 Å². The van der Waals surface area contributed by atoms with E-state index in [2.05, 4.69) is 15.2 Å². The first-order valence-electron chi connectivity index (χ1n) is 6.20. The van der Waals surface area contributed by atoms with Gasteiger partial charge in [-0.05, 0) is 18.2 Å². The second-order valence-corrected chi connectivity index (χ2v) is 4.39. The lowest BCUT2D eigenvalue weighted by Gasteiger charge is -1.96. The maximum atomic E-state index is 11.2. The van der Waals surface area contributed by atoms with E-state index in [1.165, 1.54) is 6.07 Å². The molecule has 1 aromatic heterocycles. The number of aromatic carboxylic acids is 1. The number of H-pyrrole nitrogens is 1. The molecule has 6 heteroatoms. The third-order valence-electron chi connectivity index (χ3n) is 3.04. The Kier molecular flexibility index (Phi) is 3.12. The van der Waals surface area contributed by atoms with Crippen molar-refractivity contribution in [2.75, 3.05) is 0 Å². The summed E-state index contributed by atoms with van der Waals surface area (Å²) in [6, 6.07) is 13.8. The molecule has 2 aromatic carbocycles. The Balaban J connectivity index is 2.11. The van der Waals surface area contributed by atoms with Gasteiger partial charge in [-0.2, -0.15) is 5.11 Å². The minimum absolute atomic E-state index is 0.0731. The number of aromatic nitrogens is 1. The van der Waals surface area contributed by atoms with E-state index in [-0.39, 0.29) is 17.1 Å². The molecule has 0 radical (unpaired) electrons. The Morgan fingerprint density at radius 3 is 2.48 bits per heavy atom. The molecule has 21 heavy (non-hydrogen) atoms. The van der Waals surface area contributed by atoms with Crippen LogP contribution in [0.4, 0.5) is 11.4 Å². The maximum absolute atomic E-state index is 11.2. The summed E-state index contributed by atoms with van der Waals surface area (Å²) in [5.41, 5.74) is 1.26. The molecule has 0 aliphatic rings. The van der Waals surface area contributed by atoms with Crippen molar-refractivity contribution in [1.29, 1.82) is 0 Å². The molecule has 0 unspecified atom stereocenters. The molecule has 3 N–H and O–H groups in total. The zero-order chi connectivity index (χ0) is 14.8. The molecule has 104 valence electrons. The number of carboxylic acids is 1. The lowest BCUT2D eigenvalue weighted by Crippen LogP contribution is -1.96. The van der Waals surface area contributed by atoms with Crippen molar-refractivity contribution in [1.82, 2.24) is 4.98 Å². The fourth-order valence-corrected chi connectivity index (χ4v) is 2.07. The van der Waals surface area contributed by atoms with E-state index >= 15 is 0 Å². The van der Waals surface area contributed by atoms with Crippen LogP contribution in [0, 0.1) is 0 Å². The van der Waals surface area contributed by atoms with Gasteiger partial charge in [0.15, 0.2) is 5.69 Å². The summed E-state index contributed by atoms with van der Waals surface area (Å²) < 4.78 is 0. The number of nitrogens with zero attached hydrogens (tertiary/aromatic N) is 2. The lowest BCUT2D eigenvalue weighted by molar-refractivity contribution is 0.0699. The number of carboxylic acid groups (broad SMARTS) is 1. The van der Waals surface area contributed by atoms with Crippen molar-refractivity contribution in [2.24, 2.45) is 10.2 Å². The van der Waals surface area contributed by atoms with Crippen LogP contribution in [-0.4, -0.2) is 21.2 Å². The third-order valence-corrected chi connectivity index (χ3v) is 3.04. The van der Waals surface area contributed by atoms with Crippen LogP contribution in [0.5, 0.6) is 5.88 Å². The van der Waals surface area contributed by atoms with Crippen molar-refractivity contribution in [3.63, 3.8) is 0 Å². The van der Waals surface area contributed by atoms with Gasteiger partial charge in [0.2, 0.25) is 5.88 Å². The highest BCUT2D eigenvalue weighted by molar-refractivity contribution is 6.06. The second kappa shape index (κ2) is 5.09. The average molecular weight is 281 g/mol. The number of azo groups is 1. The number of hydrogen-bond acceptors (Lipinski definition) is 4. The summed E-state index contributed by atoms with van der Waals surface area (Å²) in [6.45, 7) is 0. The number of aromatic hydroxyl groups is 1. The highest BCUT2D eigenvalue weighted by Crippen LogP contribution is 2.37. The minimum atomic E-state index is -1.08. The van der Waals surface area contributed by atoms with Gasteiger partial charge in [-0.1, -0.05) is 30.3 Å². The van der Waals surface area contributed by atoms with Crippen LogP contribution in [0.15, 0.2) is 58.8 Å². The zero-order valence-electron chi connectivity index (χ0n) is 10.8. The molecule has 0 aliphatic heterocycles. The summed E-state index contributed by atoms with van der Waals surface area (Å²) >= 11 is 0. The van der Waals surface area contributed by atoms with Crippen molar-refractivity contribution in [3.05, 3.63) is 54.1 Å². The van der Waals surface area contributed by atoms with E-state index in [1.54, 1.807) is 24.3 Å². The molecule has 0 atom stereocenters. The molecule has 0 amide bonds. The van der Waals surface area contributed by atoms with Crippen molar-refractivity contribution < 1.29 is 15.0 Å². The average Bonchev–Trinajstić information content (AvgIpc) is 2.81. The smallest absolute Gasteiger partial charge is 0.337 e. The van der Waals surface area contributed by atoms with Crippen LogP contribution in [-0.2, 0) is 0 Å². The van der Waals surface area contributed by atoms with Crippen LogP contribution in [0.2, 0.25) is 0 Å². The van der Waals surface area contributed by atoms with Crippen LogP contribution < -0.4 is 0 Å². The van der Waals surface area contributed by atoms with Gasteiger partial charge < -0.3 is 15.2 Å². The Morgan fingerprint density at radius 1 is 1.00 bits per heavy atom. The topological polar surface area (TPSA) is 98.0 Å². The van der Waals surface area contributed by atoms with Crippen molar-refractivity contribution in [3.8, 4) is 5.88 Å². The number of carbonyl (C=O) groups is 1. The summed E-state index contributed by atoms with van der Waals surface area (Å²) in [7, 11) is 0. The lowest BCUT2D eigenvalue weighted by atomic mass is 10.1. The minimum Gasteiger partial charge on any atom is -0.493 e. The quantitative estimate of drug-likeness (QED) is 0.633. The monoisotopic (exact) mass is 281 g/mol. The number of rotatable bonds is 3. The Bertz CT molecular complexity index is 838. The largest absolute Gasteiger partial charge is 0.493 e. The number of hydrogen-bond donors (Lipinski definition) is 3. The van der Waals surface area contributed by atoms with Crippen LogP contribution in [0.3, 0.4) is 0 Å². The molecule has 0 bridgehead atoms. The van der Waals surface area contributed by atoms with Gasteiger partial charge >= 0.3 is 5.97 Å². The molecule has 0 aliphatic carbocycles. The van der Waals surface area contributed by atoms with Gasteiger partial charge in [-0.3, -0.25) is 0 Å². The van der Waals surface area contributed by atoms with Gasteiger partial charge in [-0.15, -0.1) is 5.11 Å². The standard InChI is InChI=1S/C15H11N3O3/c19-14-13(18-17-9-5-2-1-3-6-9)10-7-4-8-11(15(20)21)12(10)16-14/h1-8,16,19H,(H,20,21). The number of fused-ring (bicyclic) bond motifs is 1. The molecule has 0 saturated carbocycles. The van der Waals surface area contributed by atoms with Crippen molar-refractivity contribution >= 4 is 28.2 Å². The molecule has 6 nitrogen and oxygen atoms in total. The summed E-state index contributed by atoms with van der Waals surface area (Å²) in [6.07, 6.45) is 0. The molecule has 1 heterocycles. The Morgan fingerprint density at radius 2 is 1.76 bits per heavy atom. The van der Waals surface area contributed by atoms with Gasteiger partial charge in [-0.25, -0.2) is 4.79 Å². The Labute approximate surface area is 119 Å². The molecule has 0 fully saturated rings. The number of para-hydroxylation sites is 1. The van der Waals surface area contributed by atoms with E-state index < -0.39 is 5.97 Å². The Hall–Kier alpha value is -3.15. The van der Waals surface area contributed by atoms with Gasteiger partial charge in [0.1, 0.15) is 0 Å². The summed E-state index contributed by atoms with van der Waals surface area (Å²) in [5.74, 6) is -1.29. The van der Waals surface area contributed by atoms with E-state index in [9.17, 15) is 9.90 Å². The predicted molar refractivity (Wildman–Crippen MR) is 77.5 cm³/mol. The number of benzene rings is 2. The molecule has 3 rings (SSSR count). The fourth-order valence-electron chi connectivity index (χ4n) is 2.07. The van der Waals surface area contributed by atoms with Gasteiger partial charge in [0, 0.05) is 5.39 Å². The molecule has 3 aromatic rings. The zero-order valence-corrected chi connectivity index (χ0v) is 10.8. The van der Waals surface area contributed by atoms with E-state index in [0.717, 1.165) is 0 Å². The third kappa shape index (κ3) is 2.34. The van der Waals surface area contributed by atoms with Crippen LogP contribution in [0.1, 0.15) is 10.4 Å². The van der Waals surface area contributed by atoms with E-state index in [1.807, 2.05) is 18.2 Å².